The molecule has 1 fully saturated rings. The molecule has 1 aliphatic heterocycles. The van der Waals surface area contributed by atoms with Crippen molar-refractivity contribution in [3.05, 3.63) is 0 Å². The number of ether oxygens (including phenoxy) is 2. The highest BCUT2D eigenvalue weighted by atomic mass is 16.6. The third-order valence-electron chi connectivity index (χ3n) is 2.41. The quantitative estimate of drug-likeness (QED) is 0.639. The molecule has 1 rings (SSSR count). The molecule has 0 spiro atoms. The van der Waals surface area contributed by atoms with Crippen LogP contribution in [-0.4, -0.2) is 36.9 Å². The summed E-state index contributed by atoms with van der Waals surface area (Å²) in [5, 5.41) is 2.72. The van der Waals surface area contributed by atoms with Gasteiger partial charge in [0.25, 0.3) is 0 Å². The van der Waals surface area contributed by atoms with Crippen molar-refractivity contribution in [2.75, 3.05) is 6.61 Å². The van der Waals surface area contributed by atoms with Crippen LogP contribution in [-0.2, 0) is 19.1 Å². The van der Waals surface area contributed by atoms with Gasteiger partial charge in [-0.15, -0.1) is 0 Å². The fraction of sp³-hybridized carbons (Fsp3) is 0.800. The predicted octanol–water partition coefficient (Wildman–Crippen LogP) is -0.482. The lowest BCUT2D eigenvalue weighted by Crippen LogP contribution is -2.53. The summed E-state index contributed by atoms with van der Waals surface area (Å²) in [7, 11) is 0. The highest BCUT2D eigenvalue weighted by Crippen LogP contribution is 2.17. The summed E-state index contributed by atoms with van der Waals surface area (Å²) in [5.41, 5.74) is 5.75. The van der Waals surface area contributed by atoms with E-state index in [2.05, 4.69) is 5.32 Å². The number of amides is 1. The van der Waals surface area contributed by atoms with Crippen molar-refractivity contribution in [3.8, 4) is 0 Å². The van der Waals surface area contributed by atoms with Gasteiger partial charge in [-0.05, 0) is 12.8 Å². The maximum absolute atomic E-state index is 10.9. The van der Waals surface area contributed by atoms with Gasteiger partial charge in [-0.1, -0.05) is 0 Å². The molecule has 1 aliphatic rings. The minimum absolute atomic E-state index is 0.123. The van der Waals surface area contributed by atoms with Crippen LogP contribution in [0.15, 0.2) is 0 Å². The molecule has 1 amide bonds. The third kappa shape index (κ3) is 4.16. The number of carbonyl (C=O) groups excluding carboxylic acids is 2. The first-order valence-corrected chi connectivity index (χ1v) is 5.30. The average molecular weight is 230 g/mol. The van der Waals surface area contributed by atoms with E-state index in [-0.39, 0.29) is 30.6 Å². The third-order valence-corrected chi connectivity index (χ3v) is 2.41. The average Bonchev–Trinajstić information content (AvgIpc) is 2.18. The lowest BCUT2D eigenvalue weighted by molar-refractivity contribution is -0.151. The summed E-state index contributed by atoms with van der Waals surface area (Å²) in [5.74, 6) is -0.455. The predicted molar refractivity (Wildman–Crippen MR) is 56.3 cm³/mol. The van der Waals surface area contributed by atoms with Crippen molar-refractivity contribution in [1.82, 2.24) is 5.32 Å². The second-order valence-corrected chi connectivity index (χ2v) is 3.91. The first-order valence-electron chi connectivity index (χ1n) is 5.30. The topological polar surface area (TPSA) is 90.6 Å². The number of nitrogens with one attached hydrogen (secondary N) is 1. The van der Waals surface area contributed by atoms with E-state index in [4.69, 9.17) is 15.2 Å². The van der Waals surface area contributed by atoms with E-state index < -0.39 is 6.23 Å². The number of rotatable bonds is 3. The van der Waals surface area contributed by atoms with Gasteiger partial charge in [0.05, 0.1) is 12.1 Å². The summed E-state index contributed by atoms with van der Waals surface area (Å²) in [4.78, 5) is 21.5. The fourth-order valence-electron chi connectivity index (χ4n) is 1.66. The Morgan fingerprint density at radius 2 is 2.12 bits per heavy atom. The molecule has 1 heterocycles. The number of hydrogen-bond donors (Lipinski definition) is 2. The van der Waals surface area contributed by atoms with Crippen LogP contribution in [0, 0.1) is 0 Å². The van der Waals surface area contributed by atoms with Crippen molar-refractivity contribution in [1.29, 1.82) is 0 Å². The Labute approximate surface area is 94.5 Å². The summed E-state index contributed by atoms with van der Waals surface area (Å²) >= 11 is 0. The molecule has 16 heavy (non-hydrogen) atoms. The SMILES string of the molecule is CC(=O)NC1CCC(COC(C)=O)OC1N. The van der Waals surface area contributed by atoms with Gasteiger partial charge in [-0.25, -0.2) is 0 Å². The monoisotopic (exact) mass is 230 g/mol. The van der Waals surface area contributed by atoms with E-state index in [1.807, 2.05) is 0 Å². The molecule has 0 aromatic rings. The molecular weight excluding hydrogens is 212 g/mol. The molecule has 6 heteroatoms. The number of hydrogen-bond acceptors (Lipinski definition) is 5. The first kappa shape index (κ1) is 12.9. The zero-order valence-electron chi connectivity index (χ0n) is 9.56. The molecule has 0 aromatic carbocycles. The smallest absolute Gasteiger partial charge is 0.302 e. The Morgan fingerprint density at radius 3 is 2.62 bits per heavy atom. The van der Waals surface area contributed by atoms with Gasteiger partial charge in [0.2, 0.25) is 5.91 Å². The Hall–Kier alpha value is -1.14. The minimum atomic E-state index is -0.543. The molecule has 0 radical (unpaired) electrons. The number of esters is 1. The fourth-order valence-corrected chi connectivity index (χ4v) is 1.66. The van der Waals surface area contributed by atoms with E-state index in [0.717, 1.165) is 6.42 Å². The van der Waals surface area contributed by atoms with E-state index >= 15 is 0 Å². The molecule has 3 N–H and O–H groups in total. The van der Waals surface area contributed by atoms with Crippen LogP contribution < -0.4 is 11.1 Å². The molecule has 0 aliphatic carbocycles. The normalized spacial score (nSPS) is 29.6. The molecule has 1 saturated heterocycles. The van der Waals surface area contributed by atoms with Crippen LogP contribution in [0.4, 0.5) is 0 Å². The second kappa shape index (κ2) is 5.81. The Balaban J connectivity index is 2.33. The first-order chi connectivity index (χ1) is 7.49. The van der Waals surface area contributed by atoms with Crippen molar-refractivity contribution >= 4 is 11.9 Å². The van der Waals surface area contributed by atoms with Crippen molar-refractivity contribution in [3.63, 3.8) is 0 Å². The maximum Gasteiger partial charge on any atom is 0.302 e. The van der Waals surface area contributed by atoms with E-state index in [9.17, 15) is 9.59 Å². The Kier molecular flexibility index (Phi) is 4.70. The van der Waals surface area contributed by atoms with Gasteiger partial charge < -0.3 is 20.5 Å². The van der Waals surface area contributed by atoms with Crippen molar-refractivity contribution in [2.45, 2.75) is 45.1 Å². The lowest BCUT2D eigenvalue weighted by atomic mass is 10.0. The van der Waals surface area contributed by atoms with Gasteiger partial charge >= 0.3 is 5.97 Å². The molecular formula is C10H18N2O4. The molecule has 3 unspecified atom stereocenters. The lowest BCUT2D eigenvalue weighted by Gasteiger charge is -2.34. The van der Waals surface area contributed by atoms with E-state index in [1.54, 1.807) is 0 Å². The van der Waals surface area contributed by atoms with Crippen LogP contribution in [0.2, 0.25) is 0 Å². The molecule has 6 nitrogen and oxygen atoms in total. The van der Waals surface area contributed by atoms with Crippen molar-refractivity contribution < 1.29 is 19.1 Å². The number of nitrogens with two attached hydrogens (primary N) is 1. The standard InChI is InChI=1S/C10H18N2O4/c1-6(13)12-9-4-3-8(16-10(9)11)5-15-7(2)14/h8-10H,3-5,11H2,1-2H3,(H,12,13). The summed E-state index contributed by atoms with van der Waals surface area (Å²) in [6, 6.07) is -0.161. The molecule has 3 atom stereocenters. The summed E-state index contributed by atoms with van der Waals surface area (Å²) in [6.45, 7) is 3.01. The van der Waals surface area contributed by atoms with Crippen LogP contribution >= 0.6 is 0 Å². The van der Waals surface area contributed by atoms with Crippen LogP contribution in [0.25, 0.3) is 0 Å². The van der Waals surface area contributed by atoms with Crippen LogP contribution in [0.3, 0.4) is 0 Å². The number of carbonyl (C=O) groups is 2. The zero-order chi connectivity index (χ0) is 12.1. The molecule has 0 bridgehead atoms. The second-order valence-electron chi connectivity index (χ2n) is 3.91. The van der Waals surface area contributed by atoms with Crippen LogP contribution in [0.1, 0.15) is 26.7 Å². The summed E-state index contributed by atoms with van der Waals surface area (Å²) in [6.07, 6.45) is 0.723. The highest BCUT2D eigenvalue weighted by Gasteiger charge is 2.29. The van der Waals surface area contributed by atoms with Gasteiger partial charge in [0.15, 0.2) is 0 Å². The summed E-state index contributed by atoms with van der Waals surface area (Å²) < 4.78 is 10.3. The molecule has 0 saturated carbocycles. The van der Waals surface area contributed by atoms with Crippen LogP contribution in [0.5, 0.6) is 0 Å². The molecule has 0 aromatic heterocycles. The van der Waals surface area contributed by atoms with Gasteiger partial charge in [-0.2, -0.15) is 0 Å². The zero-order valence-corrected chi connectivity index (χ0v) is 9.56. The Bertz CT molecular complexity index is 270. The Morgan fingerprint density at radius 1 is 1.44 bits per heavy atom. The highest BCUT2D eigenvalue weighted by molar-refractivity contribution is 5.73. The maximum atomic E-state index is 10.9. The van der Waals surface area contributed by atoms with E-state index in [1.165, 1.54) is 13.8 Å². The van der Waals surface area contributed by atoms with Crippen molar-refractivity contribution in [2.24, 2.45) is 5.73 Å². The van der Waals surface area contributed by atoms with Gasteiger partial charge in [0.1, 0.15) is 12.8 Å². The minimum Gasteiger partial charge on any atom is -0.463 e. The molecule has 92 valence electrons. The largest absolute Gasteiger partial charge is 0.463 e. The van der Waals surface area contributed by atoms with Gasteiger partial charge in [0, 0.05) is 13.8 Å². The van der Waals surface area contributed by atoms with E-state index in [0.29, 0.717) is 6.42 Å². The van der Waals surface area contributed by atoms with Gasteiger partial charge in [-0.3, -0.25) is 9.59 Å².